The van der Waals surface area contributed by atoms with Gasteiger partial charge in [0.25, 0.3) is 0 Å². The SMILES string of the molecule is N#Cc1c(-n2c3cccnc3c3ncccc32)c(-n2c3cccnc3c3ncccc32)c(-n2c3cccnc3c3ncccc32)c(-n2c3cccnc3c3ncccc32)c1-n1c2cccnc2c2ncccc21. The van der Waals surface area contributed by atoms with E-state index in [-0.39, 0.29) is 0 Å². The summed E-state index contributed by atoms with van der Waals surface area (Å²) in [6.45, 7) is 0. The standard InChI is InChI=1S/C57H30N16/c58-31-32-53(69-33-11-1-21-59-43(33)44-34(69)12-2-22-60-44)55(71-37-15-5-25-63-47(37)48-38(71)16-6-26-64-48)57(73-41-19-9-29-67-51(41)52-42(73)20-10-30-68-52)56(72-39-17-7-27-65-49(39)50-40(72)18-8-28-66-50)54(32)70-35-13-3-23-61-45(35)46-36(70)14-4-24-62-46/h1-30H. The molecule has 0 aliphatic heterocycles. The van der Waals surface area contributed by atoms with Gasteiger partial charge in [0.2, 0.25) is 0 Å². The van der Waals surface area contributed by atoms with Gasteiger partial charge in [0.1, 0.15) is 66.8 Å². The van der Waals surface area contributed by atoms with Crippen LogP contribution in [0.4, 0.5) is 0 Å². The molecule has 16 aromatic rings. The first-order valence-corrected chi connectivity index (χ1v) is 23.4. The van der Waals surface area contributed by atoms with Crippen LogP contribution in [0.1, 0.15) is 5.56 Å². The number of nitrogens with zero attached hydrogens (tertiary/aromatic N) is 16. The summed E-state index contributed by atoms with van der Waals surface area (Å²) in [5.74, 6) is 0. The van der Waals surface area contributed by atoms with Crippen LogP contribution >= 0.6 is 0 Å². The highest BCUT2D eigenvalue weighted by atomic mass is 15.2. The number of fused-ring (bicyclic) bond motifs is 15. The van der Waals surface area contributed by atoms with Crippen molar-refractivity contribution in [3.63, 3.8) is 0 Å². The van der Waals surface area contributed by atoms with Crippen molar-refractivity contribution in [2.75, 3.05) is 0 Å². The summed E-state index contributed by atoms with van der Waals surface area (Å²) in [5, 5.41) is 12.7. The summed E-state index contributed by atoms with van der Waals surface area (Å²) in [7, 11) is 0. The second-order valence-corrected chi connectivity index (χ2v) is 17.6. The Morgan fingerprint density at radius 3 is 0.548 bits per heavy atom. The second-order valence-electron chi connectivity index (χ2n) is 17.6. The molecule has 0 spiro atoms. The molecule has 0 N–H and O–H groups in total. The van der Waals surface area contributed by atoms with Crippen LogP contribution in [0.2, 0.25) is 0 Å². The average Bonchev–Trinajstić information content (AvgIpc) is 4.25. The number of hydrogen-bond acceptors (Lipinski definition) is 11. The van der Waals surface area contributed by atoms with Crippen LogP contribution in [0.15, 0.2) is 183 Å². The van der Waals surface area contributed by atoms with Gasteiger partial charge in [-0.3, -0.25) is 49.8 Å². The fourth-order valence-electron chi connectivity index (χ4n) is 11.3. The molecule has 0 saturated heterocycles. The number of aromatic nitrogens is 15. The minimum absolute atomic E-state index is 0.314. The van der Waals surface area contributed by atoms with E-state index in [4.69, 9.17) is 49.8 Å². The van der Waals surface area contributed by atoms with Gasteiger partial charge in [0, 0.05) is 62.0 Å². The van der Waals surface area contributed by atoms with Gasteiger partial charge < -0.3 is 22.8 Å². The molecule has 16 heteroatoms. The first kappa shape index (κ1) is 39.1. The summed E-state index contributed by atoms with van der Waals surface area (Å²) >= 11 is 0. The summed E-state index contributed by atoms with van der Waals surface area (Å²) in [6, 6.07) is 42.7. The third-order valence-corrected chi connectivity index (χ3v) is 14.0. The fourth-order valence-corrected chi connectivity index (χ4v) is 11.3. The Bertz CT molecular complexity index is 4570. The van der Waals surface area contributed by atoms with E-state index in [1.165, 1.54) is 0 Å². The van der Waals surface area contributed by atoms with Crippen LogP contribution in [0.5, 0.6) is 0 Å². The monoisotopic (exact) mass is 938 g/mol. The van der Waals surface area contributed by atoms with E-state index < -0.39 is 0 Å². The normalized spacial score (nSPS) is 12.1. The van der Waals surface area contributed by atoms with Crippen molar-refractivity contribution < 1.29 is 0 Å². The van der Waals surface area contributed by atoms with E-state index >= 15 is 0 Å². The zero-order chi connectivity index (χ0) is 47.9. The van der Waals surface area contributed by atoms with Crippen LogP contribution in [0.3, 0.4) is 0 Å². The fraction of sp³-hybridized carbons (Fsp3) is 0. The molecule has 0 saturated carbocycles. The van der Waals surface area contributed by atoms with Gasteiger partial charge in [-0.2, -0.15) is 5.26 Å². The molecule has 73 heavy (non-hydrogen) atoms. The molecule has 16 nitrogen and oxygen atoms in total. The summed E-state index contributed by atoms with van der Waals surface area (Å²) in [5.41, 5.74) is 17.5. The molecule has 0 amide bonds. The Morgan fingerprint density at radius 2 is 0.384 bits per heavy atom. The maximum atomic E-state index is 12.7. The molecule has 15 aromatic heterocycles. The first-order chi connectivity index (χ1) is 36.3. The van der Waals surface area contributed by atoms with Gasteiger partial charge in [-0.25, -0.2) is 0 Å². The van der Waals surface area contributed by atoms with Crippen molar-refractivity contribution in [1.82, 2.24) is 72.7 Å². The second kappa shape index (κ2) is 14.6. The van der Waals surface area contributed by atoms with Gasteiger partial charge in [-0.1, -0.05) is 0 Å². The third-order valence-electron chi connectivity index (χ3n) is 14.0. The highest BCUT2D eigenvalue weighted by molar-refractivity contribution is 6.14. The Morgan fingerprint density at radius 1 is 0.233 bits per heavy atom. The molecule has 0 fully saturated rings. The van der Waals surface area contributed by atoms with E-state index in [0.717, 1.165) is 55.2 Å². The molecular formula is C57H30N16. The topological polar surface area (TPSA) is 177 Å². The minimum Gasteiger partial charge on any atom is -0.303 e. The van der Waals surface area contributed by atoms with E-state index in [1.807, 2.05) is 84.9 Å². The number of hydrogen-bond donors (Lipinski definition) is 0. The zero-order valence-corrected chi connectivity index (χ0v) is 38.0. The van der Waals surface area contributed by atoms with Crippen LogP contribution < -0.4 is 0 Å². The van der Waals surface area contributed by atoms with Crippen molar-refractivity contribution >= 4 is 110 Å². The predicted molar refractivity (Wildman–Crippen MR) is 281 cm³/mol. The van der Waals surface area contributed by atoms with Gasteiger partial charge >= 0.3 is 0 Å². The van der Waals surface area contributed by atoms with E-state index in [2.05, 4.69) is 65.3 Å². The maximum Gasteiger partial charge on any atom is 0.115 e. The lowest BCUT2D eigenvalue weighted by molar-refractivity contribution is 0.989. The lowest BCUT2D eigenvalue weighted by Crippen LogP contribution is -2.19. The van der Waals surface area contributed by atoms with Gasteiger partial charge in [-0.05, 0) is 121 Å². The molecular weight excluding hydrogens is 909 g/mol. The maximum absolute atomic E-state index is 12.7. The first-order valence-electron chi connectivity index (χ1n) is 23.4. The summed E-state index contributed by atoms with van der Waals surface area (Å²) in [6.07, 6.45) is 17.8. The zero-order valence-electron chi connectivity index (χ0n) is 38.0. The smallest absolute Gasteiger partial charge is 0.115 e. The van der Waals surface area contributed by atoms with Gasteiger partial charge in [-0.15, -0.1) is 0 Å². The van der Waals surface area contributed by atoms with Gasteiger partial charge in [0.05, 0.1) is 83.6 Å². The summed E-state index contributed by atoms with van der Waals surface area (Å²) < 4.78 is 10.9. The van der Waals surface area contributed by atoms with Crippen molar-refractivity contribution in [3.8, 4) is 34.5 Å². The number of benzene rings is 1. The quantitative estimate of drug-likeness (QED) is 0.160. The van der Waals surface area contributed by atoms with Gasteiger partial charge in [0.15, 0.2) is 0 Å². The molecule has 338 valence electrons. The van der Waals surface area contributed by atoms with Crippen LogP contribution in [-0.2, 0) is 0 Å². The van der Waals surface area contributed by atoms with Crippen molar-refractivity contribution in [2.45, 2.75) is 0 Å². The molecule has 0 unspecified atom stereocenters. The third kappa shape index (κ3) is 5.10. The molecule has 0 aliphatic carbocycles. The highest BCUT2D eigenvalue weighted by Gasteiger charge is 2.37. The van der Waals surface area contributed by atoms with E-state index in [0.29, 0.717) is 89.2 Å². The number of pyridine rings is 10. The number of nitriles is 1. The lowest BCUT2D eigenvalue weighted by atomic mass is 10.0. The van der Waals surface area contributed by atoms with E-state index in [1.54, 1.807) is 62.0 Å². The molecule has 16 rings (SSSR count). The van der Waals surface area contributed by atoms with Crippen molar-refractivity contribution in [3.05, 3.63) is 189 Å². The largest absolute Gasteiger partial charge is 0.303 e. The predicted octanol–water partition coefficient (Wildman–Crippen LogP) is 11.0. The van der Waals surface area contributed by atoms with Crippen LogP contribution in [0, 0.1) is 11.3 Å². The van der Waals surface area contributed by atoms with E-state index in [9.17, 15) is 5.26 Å². The number of rotatable bonds is 5. The van der Waals surface area contributed by atoms with Crippen LogP contribution in [0.25, 0.3) is 139 Å². The molecule has 0 atom stereocenters. The molecule has 0 radical (unpaired) electrons. The van der Waals surface area contributed by atoms with Crippen molar-refractivity contribution in [2.24, 2.45) is 0 Å². The Balaban J connectivity index is 1.31. The summed E-state index contributed by atoms with van der Waals surface area (Å²) in [4.78, 5) is 50.1. The Labute approximate surface area is 410 Å². The molecule has 1 aromatic carbocycles. The Hall–Kier alpha value is -10.8. The molecule has 0 bridgehead atoms. The minimum atomic E-state index is 0.314. The average molecular weight is 939 g/mol. The van der Waals surface area contributed by atoms with Crippen molar-refractivity contribution in [1.29, 1.82) is 5.26 Å². The lowest BCUT2D eigenvalue weighted by Gasteiger charge is -2.29. The highest BCUT2D eigenvalue weighted by Crippen LogP contribution is 2.50. The Kier molecular flexibility index (Phi) is 7.83. The molecule has 15 heterocycles. The molecule has 0 aliphatic rings. The van der Waals surface area contributed by atoms with Crippen LogP contribution in [-0.4, -0.2) is 72.7 Å².